The molecule has 0 bridgehead atoms. The highest BCUT2D eigenvalue weighted by molar-refractivity contribution is 7.93. The van der Waals surface area contributed by atoms with Gasteiger partial charge in [0.05, 0.1) is 0 Å². The van der Waals surface area contributed by atoms with Gasteiger partial charge in [-0.15, -0.1) is 15.7 Å². The summed E-state index contributed by atoms with van der Waals surface area (Å²) in [5, 5.41) is 12.3. The summed E-state index contributed by atoms with van der Waals surface area (Å²) in [5.41, 5.74) is 5.96. The maximum Gasteiger partial charge on any atom is 0.354 e. The molecule has 1 saturated carbocycles. The third-order valence-electron chi connectivity index (χ3n) is 6.30. The molecule has 1 aromatic carbocycles. The number of amides is 2. The van der Waals surface area contributed by atoms with Crippen LogP contribution in [0.15, 0.2) is 26.8 Å². The van der Waals surface area contributed by atoms with Crippen molar-refractivity contribution in [2.75, 3.05) is 12.4 Å². The van der Waals surface area contributed by atoms with Crippen molar-refractivity contribution in [3.63, 3.8) is 0 Å². The lowest BCUT2D eigenvalue weighted by Gasteiger charge is -2.25. The van der Waals surface area contributed by atoms with E-state index in [4.69, 9.17) is 5.14 Å². The van der Waals surface area contributed by atoms with Crippen LogP contribution in [0.3, 0.4) is 0 Å². The largest absolute Gasteiger partial charge is 0.354 e. The SMILES string of the molecule is CNC(c1ccc([S@](N)(=O)=NC(=O)Nc2c3c(cc4c2CC4)CCC3)s1)C1CC1. The number of urea groups is 1. The molecule has 0 aliphatic heterocycles. The Bertz CT molecular complexity index is 1110. The van der Waals surface area contributed by atoms with Crippen molar-refractivity contribution in [2.45, 2.75) is 55.2 Å². The predicted molar refractivity (Wildman–Crippen MR) is 117 cm³/mol. The number of hydrogen-bond donors (Lipinski definition) is 3. The highest BCUT2D eigenvalue weighted by atomic mass is 32.2. The molecule has 1 aromatic heterocycles. The summed E-state index contributed by atoms with van der Waals surface area (Å²) in [7, 11) is -1.33. The second-order valence-corrected chi connectivity index (χ2v) is 11.4. The van der Waals surface area contributed by atoms with Gasteiger partial charge in [-0.1, -0.05) is 6.07 Å². The van der Waals surface area contributed by atoms with E-state index in [0.717, 1.165) is 42.7 Å². The zero-order valence-electron chi connectivity index (χ0n) is 16.5. The molecule has 3 aliphatic rings. The molecule has 1 unspecified atom stereocenters. The van der Waals surface area contributed by atoms with Crippen LogP contribution in [0.4, 0.5) is 10.5 Å². The van der Waals surface area contributed by atoms with Gasteiger partial charge in [0.1, 0.15) is 4.21 Å². The van der Waals surface area contributed by atoms with Crippen LogP contribution in [0, 0.1) is 5.92 Å². The number of aryl methyl sites for hydroxylation is 2. The van der Waals surface area contributed by atoms with Crippen molar-refractivity contribution < 1.29 is 9.00 Å². The predicted octanol–water partition coefficient (Wildman–Crippen LogP) is 3.94. The van der Waals surface area contributed by atoms with Gasteiger partial charge in [0.2, 0.25) is 0 Å². The first kappa shape index (κ1) is 19.2. The van der Waals surface area contributed by atoms with E-state index in [-0.39, 0.29) is 6.04 Å². The topological polar surface area (TPSA) is 96.6 Å². The quantitative estimate of drug-likeness (QED) is 0.670. The van der Waals surface area contributed by atoms with Crippen LogP contribution in [-0.2, 0) is 35.6 Å². The lowest BCUT2D eigenvalue weighted by molar-refractivity contribution is 0.260. The van der Waals surface area contributed by atoms with Gasteiger partial charge in [0.15, 0.2) is 9.92 Å². The first-order valence-electron chi connectivity index (χ1n) is 10.3. The maximum absolute atomic E-state index is 13.0. The second-order valence-electron chi connectivity index (χ2n) is 8.23. The van der Waals surface area contributed by atoms with Gasteiger partial charge < -0.3 is 10.6 Å². The fourth-order valence-electron chi connectivity index (χ4n) is 4.59. The number of benzene rings is 1. The first-order valence-corrected chi connectivity index (χ1v) is 12.6. The molecule has 2 amide bonds. The van der Waals surface area contributed by atoms with Gasteiger partial charge in [-0.3, -0.25) is 0 Å². The minimum Gasteiger partial charge on any atom is -0.312 e. The molecule has 5 rings (SSSR count). The van der Waals surface area contributed by atoms with E-state index in [1.165, 1.54) is 46.4 Å². The molecule has 4 N–H and O–H groups in total. The fourth-order valence-corrected chi connectivity index (χ4v) is 7.06. The van der Waals surface area contributed by atoms with Crippen molar-refractivity contribution in [1.29, 1.82) is 0 Å². The number of anilines is 1. The molecule has 154 valence electrons. The maximum atomic E-state index is 13.0. The molecular weight excluding hydrogens is 404 g/mol. The van der Waals surface area contributed by atoms with Gasteiger partial charge in [0, 0.05) is 16.6 Å². The molecule has 3 aliphatic carbocycles. The average molecular weight is 431 g/mol. The second kappa shape index (κ2) is 7.19. The highest BCUT2D eigenvalue weighted by Gasteiger charge is 2.32. The van der Waals surface area contributed by atoms with Crippen LogP contribution in [0.5, 0.6) is 0 Å². The lowest BCUT2D eigenvalue weighted by Crippen LogP contribution is -2.20. The fraction of sp³-hybridized carbons (Fsp3) is 0.476. The zero-order chi connectivity index (χ0) is 20.2. The lowest BCUT2D eigenvalue weighted by atomic mass is 9.83. The minimum atomic E-state index is -3.27. The number of nitrogens with zero attached hydrogens (tertiary/aromatic N) is 1. The van der Waals surface area contributed by atoms with Crippen molar-refractivity contribution >= 4 is 33.0 Å². The number of hydrogen-bond acceptors (Lipinski definition) is 4. The Morgan fingerprint density at radius 1 is 1.21 bits per heavy atom. The summed E-state index contributed by atoms with van der Waals surface area (Å²) >= 11 is 1.39. The van der Waals surface area contributed by atoms with Crippen LogP contribution in [0.1, 0.15) is 52.4 Å². The minimum absolute atomic E-state index is 0.253. The summed E-state index contributed by atoms with van der Waals surface area (Å²) in [6.07, 6.45) is 7.57. The number of thiophene rings is 1. The first-order chi connectivity index (χ1) is 14.0. The van der Waals surface area contributed by atoms with E-state index in [0.29, 0.717) is 10.1 Å². The van der Waals surface area contributed by atoms with Crippen molar-refractivity contribution in [2.24, 2.45) is 15.4 Å². The Balaban J connectivity index is 1.40. The van der Waals surface area contributed by atoms with E-state index >= 15 is 0 Å². The van der Waals surface area contributed by atoms with Crippen LogP contribution >= 0.6 is 11.3 Å². The van der Waals surface area contributed by atoms with Gasteiger partial charge in [-0.2, -0.15) is 0 Å². The van der Waals surface area contributed by atoms with E-state index < -0.39 is 15.9 Å². The number of carbonyl (C=O) groups is 1. The zero-order valence-corrected chi connectivity index (χ0v) is 18.1. The normalized spacial score (nSPS) is 20.2. The van der Waals surface area contributed by atoms with E-state index in [9.17, 15) is 9.00 Å². The van der Waals surface area contributed by atoms with Gasteiger partial charge in [0.25, 0.3) is 0 Å². The summed E-state index contributed by atoms with van der Waals surface area (Å²) in [4.78, 5) is 13.8. The van der Waals surface area contributed by atoms with Crippen LogP contribution in [-0.4, -0.2) is 17.3 Å². The van der Waals surface area contributed by atoms with Crippen LogP contribution < -0.4 is 15.8 Å². The molecule has 0 saturated heterocycles. The molecular formula is C21H26N4O2S2. The van der Waals surface area contributed by atoms with Gasteiger partial charge >= 0.3 is 6.03 Å². The molecule has 6 nitrogen and oxygen atoms in total. The molecule has 0 spiro atoms. The number of nitrogens with two attached hydrogens (primary N) is 1. The number of fused-ring (bicyclic) bond motifs is 2. The Morgan fingerprint density at radius 3 is 2.66 bits per heavy atom. The van der Waals surface area contributed by atoms with Crippen LogP contribution in [0.25, 0.3) is 0 Å². The Labute approximate surface area is 175 Å². The third kappa shape index (κ3) is 3.52. The van der Waals surface area contributed by atoms with Crippen molar-refractivity contribution in [1.82, 2.24) is 5.32 Å². The molecule has 2 atom stereocenters. The number of rotatable bonds is 5. The van der Waals surface area contributed by atoms with E-state index in [1.807, 2.05) is 13.1 Å². The summed E-state index contributed by atoms with van der Waals surface area (Å²) in [6, 6.07) is 5.62. The summed E-state index contributed by atoms with van der Waals surface area (Å²) in [6.45, 7) is 0. The molecule has 1 heterocycles. The molecule has 29 heavy (non-hydrogen) atoms. The number of carbonyl (C=O) groups excluding carboxylic acids is 1. The molecule has 2 aromatic rings. The monoisotopic (exact) mass is 430 g/mol. The number of nitrogens with one attached hydrogen (secondary N) is 2. The molecule has 0 radical (unpaired) electrons. The highest BCUT2D eigenvalue weighted by Crippen LogP contribution is 2.43. The van der Waals surface area contributed by atoms with Gasteiger partial charge in [-0.25, -0.2) is 14.1 Å². The standard InChI is InChI=1S/C21H26N4O2S2/c1-23-19(12-5-6-12)17-9-10-18(28-17)29(22,27)25-21(26)24-20-15-4-2-3-13(15)11-14-7-8-16(14)20/h9-12,19,23H,2-8H2,1H3,(H3,22,24,25,26,27)/t19?,29-/m1/s1. The molecule has 8 heteroatoms. The molecule has 1 fully saturated rings. The third-order valence-corrected chi connectivity index (χ3v) is 9.38. The Hall–Kier alpha value is -1.74. The van der Waals surface area contributed by atoms with Crippen molar-refractivity contribution in [3.05, 3.63) is 45.3 Å². The smallest absolute Gasteiger partial charge is 0.312 e. The van der Waals surface area contributed by atoms with E-state index in [1.54, 1.807) is 6.07 Å². The van der Waals surface area contributed by atoms with E-state index in [2.05, 4.69) is 21.1 Å². The van der Waals surface area contributed by atoms with Crippen molar-refractivity contribution in [3.8, 4) is 0 Å². The average Bonchev–Trinajstić information content (AvgIpc) is 3.16. The van der Waals surface area contributed by atoms with Gasteiger partial charge in [-0.05, 0) is 92.3 Å². The Morgan fingerprint density at radius 2 is 1.97 bits per heavy atom. The summed E-state index contributed by atoms with van der Waals surface area (Å²) < 4.78 is 17.4. The van der Waals surface area contributed by atoms with Crippen LogP contribution in [0.2, 0.25) is 0 Å². The summed E-state index contributed by atoms with van der Waals surface area (Å²) in [5.74, 6) is 0.624. The Kier molecular flexibility index (Phi) is 4.77.